The second-order valence-corrected chi connectivity index (χ2v) is 9.15. The van der Waals surface area contributed by atoms with Gasteiger partial charge in [-0.3, -0.25) is 4.79 Å². The van der Waals surface area contributed by atoms with Crippen LogP contribution < -0.4 is 20.7 Å². The summed E-state index contributed by atoms with van der Waals surface area (Å²) in [5.41, 5.74) is 4.99. The molecular formula is C29H29N5O2. The smallest absolute Gasteiger partial charge is 0.235 e. The molecule has 1 aliphatic carbocycles. The Bertz CT molecular complexity index is 1380. The number of carbonyl (C=O) groups is 1. The number of nitrogens with one attached hydrogen (secondary N) is 3. The van der Waals surface area contributed by atoms with E-state index in [1.807, 2.05) is 85.8 Å². The number of amides is 1. The van der Waals surface area contributed by atoms with Crippen molar-refractivity contribution in [2.45, 2.75) is 32.1 Å². The maximum absolute atomic E-state index is 13.2. The molecule has 1 amide bonds. The quantitative estimate of drug-likeness (QED) is 0.276. The molecule has 0 atom stereocenters. The van der Waals surface area contributed by atoms with E-state index in [4.69, 9.17) is 4.74 Å². The van der Waals surface area contributed by atoms with Crippen LogP contribution >= 0.6 is 0 Å². The van der Waals surface area contributed by atoms with Crippen LogP contribution in [0.25, 0.3) is 0 Å². The monoisotopic (exact) mass is 479 g/mol. The molecule has 0 radical (unpaired) electrons. The average Bonchev–Trinajstić information content (AvgIpc) is 3.68. The second kappa shape index (κ2) is 9.70. The number of ether oxygens (including phenoxy) is 1. The minimum absolute atomic E-state index is 0.00837. The van der Waals surface area contributed by atoms with Crippen LogP contribution in [0.15, 0.2) is 78.9 Å². The Morgan fingerprint density at radius 2 is 1.47 bits per heavy atom. The van der Waals surface area contributed by atoms with Crippen molar-refractivity contribution < 1.29 is 9.53 Å². The van der Waals surface area contributed by atoms with Gasteiger partial charge in [-0.1, -0.05) is 35.9 Å². The molecule has 1 aliphatic rings. The van der Waals surface area contributed by atoms with Crippen molar-refractivity contribution in [3.8, 4) is 5.75 Å². The number of aromatic nitrogens is 2. The molecule has 3 N–H and O–H groups in total. The Labute approximate surface area is 211 Å². The van der Waals surface area contributed by atoms with Crippen molar-refractivity contribution >= 4 is 34.7 Å². The van der Waals surface area contributed by atoms with Crippen LogP contribution in [0.4, 0.5) is 28.8 Å². The van der Waals surface area contributed by atoms with Crippen molar-refractivity contribution in [2.24, 2.45) is 0 Å². The Morgan fingerprint density at radius 1 is 0.833 bits per heavy atom. The zero-order chi connectivity index (χ0) is 25.1. The first-order valence-corrected chi connectivity index (χ1v) is 12.0. The van der Waals surface area contributed by atoms with Gasteiger partial charge in [-0.15, -0.1) is 0 Å². The fraction of sp³-hybridized carbons (Fsp3) is 0.207. The van der Waals surface area contributed by atoms with Crippen LogP contribution in [0.1, 0.15) is 29.7 Å². The lowest BCUT2D eigenvalue weighted by molar-refractivity contribution is -0.118. The second-order valence-electron chi connectivity index (χ2n) is 9.15. The van der Waals surface area contributed by atoms with E-state index in [-0.39, 0.29) is 5.91 Å². The Hall–Kier alpha value is -4.39. The molecule has 0 bridgehead atoms. The van der Waals surface area contributed by atoms with Crippen LogP contribution in [0, 0.1) is 13.8 Å². The third kappa shape index (κ3) is 5.00. The van der Waals surface area contributed by atoms with Gasteiger partial charge in [0.25, 0.3) is 0 Å². The van der Waals surface area contributed by atoms with Crippen LogP contribution in [0.3, 0.4) is 0 Å². The Balaban J connectivity index is 1.26. The highest BCUT2D eigenvalue weighted by Gasteiger charge is 2.52. The lowest BCUT2D eigenvalue weighted by Gasteiger charge is -2.18. The number of hydrogen-bond donors (Lipinski definition) is 3. The summed E-state index contributed by atoms with van der Waals surface area (Å²) in [5, 5.41) is 9.65. The minimum atomic E-state index is -0.525. The first-order valence-electron chi connectivity index (χ1n) is 12.0. The van der Waals surface area contributed by atoms with Gasteiger partial charge in [0.15, 0.2) is 0 Å². The Kier molecular flexibility index (Phi) is 6.29. The zero-order valence-corrected chi connectivity index (χ0v) is 20.6. The summed E-state index contributed by atoms with van der Waals surface area (Å²) in [5.74, 6) is 1.95. The molecule has 1 fully saturated rings. The maximum Gasteiger partial charge on any atom is 0.235 e. The predicted molar refractivity (Wildman–Crippen MR) is 143 cm³/mol. The lowest BCUT2D eigenvalue weighted by Crippen LogP contribution is -2.28. The molecule has 1 aromatic heterocycles. The lowest BCUT2D eigenvalue weighted by atomic mass is 9.94. The number of hydrogen-bond acceptors (Lipinski definition) is 6. The molecule has 0 spiro atoms. The standard InChI is InChI=1S/C29H29N5O2/c1-19-8-10-23(11-9-19)33-28-30-20(2)18-26(34-28)31-21-12-14-22(15-13-21)32-27(35)29(16-17-29)24-6-4-5-7-25(24)36-3/h4-15,18H,16-17H2,1-3H3,(H,32,35)(H2,30,31,33,34). The van der Waals surface area contributed by atoms with Gasteiger partial charge in [0.1, 0.15) is 11.6 Å². The number of para-hydroxylation sites is 1. The van der Waals surface area contributed by atoms with Gasteiger partial charge in [-0.25, -0.2) is 4.98 Å². The fourth-order valence-corrected chi connectivity index (χ4v) is 4.27. The first-order chi connectivity index (χ1) is 17.4. The summed E-state index contributed by atoms with van der Waals surface area (Å²) in [6.45, 7) is 3.98. The summed E-state index contributed by atoms with van der Waals surface area (Å²) < 4.78 is 5.50. The fourth-order valence-electron chi connectivity index (χ4n) is 4.27. The van der Waals surface area contributed by atoms with E-state index in [0.29, 0.717) is 11.8 Å². The summed E-state index contributed by atoms with van der Waals surface area (Å²) in [6, 6.07) is 25.3. The summed E-state index contributed by atoms with van der Waals surface area (Å²) in [7, 11) is 1.64. The van der Waals surface area contributed by atoms with Gasteiger partial charge in [0.05, 0.1) is 12.5 Å². The van der Waals surface area contributed by atoms with Crippen molar-refractivity contribution in [1.29, 1.82) is 0 Å². The number of methoxy groups -OCH3 is 1. The van der Waals surface area contributed by atoms with Crippen molar-refractivity contribution in [2.75, 3.05) is 23.1 Å². The molecule has 0 saturated heterocycles. The normalized spacial score (nSPS) is 13.5. The van der Waals surface area contributed by atoms with E-state index < -0.39 is 5.41 Å². The van der Waals surface area contributed by atoms with Gasteiger partial charge in [0, 0.05) is 34.4 Å². The van der Waals surface area contributed by atoms with E-state index in [9.17, 15) is 4.79 Å². The summed E-state index contributed by atoms with van der Waals surface area (Å²) in [4.78, 5) is 22.3. The number of anilines is 5. The summed E-state index contributed by atoms with van der Waals surface area (Å²) >= 11 is 0. The highest BCUT2D eigenvalue weighted by atomic mass is 16.5. The largest absolute Gasteiger partial charge is 0.496 e. The molecule has 0 unspecified atom stereocenters. The van der Waals surface area contributed by atoms with E-state index in [0.717, 1.165) is 46.9 Å². The SMILES string of the molecule is COc1ccccc1C1(C(=O)Nc2ccc(Nc3cc(C)nc(Nc4ccc(C)cc4)n3)cc2)CC1. The van der Waals surface area contributed by atoms with Crippen LogP contribution in [0.2, 0.25) is 0 Å². The minimum Gasteiger partial charge on any atom is -0.496 e. The number of carbonyl (C=O) groups excluding carboxylic acids is 1. The average molecular weight is 480 g/mol. The third-order valence-corrected chi connectivity index (χ3v) is 6.38. The molecular weight excluding hydrogens is 450 g/mol. The molecule has 1 heterocycles. The molecule has 4 aromatic rings. The molecule has 182 valence electrons. The van der Waals surface area contributed by atoms with Crippen LogP contribution in [-0.2, 0) is 10.2 Å². The van der Waals surface area contributed by atoms with E-state index in [1.54, 1.807) is 7.11 Å². The van der Waals surface area contributed by atoms with Crippen molar-refractivity contribution in [3.05, 3.63) is 95.7 Å². The van der Waals surface area contributed by atoms with Gasteiger partial charge in [0.2, 0.25) is 11.9 Å². The highest BCUT2D eigenvalue weighted by molar-refractivity contribution is 6.02. The molecule has 36 heavy (non-hydrogen) atoms. The Morgan fingerprint density at radius 3 is 2.17 bits per heavy atom. The maximum atomic E-state index is 13.2. The molecule has 7 heteroatoms. The molecule has 5 rings (SSSR count). The first kappa shape index (κ1) is 23.4. The number of rotatable bonds is 8. The third-order valence-electron chi connectivity index (χ3n) is 6.38. The number of nitrogens with zero attached hydrogens (tertiary/aromatic N) is 2. The van der Waals surface area contributed by atoms with Crippen molar-refractivity contribution in [1.82, 2.24) is 9.97 Å². The molecule has 7 nitrogen and oxygen atoms in total. The predicted octanol–water partition coefficient (Wildman–Crippen LogP) is 6.26. The molecule has 3 aromatic carbocycles. The van der Waals surface area contributed by atoms with E-state index >= 15 is 0 Å². The van der Waals surface area contributed by atoms with Crippen molar-refractivity contribution in [3.63, 3.8) is 0 Å². The number of aryl methyl sites for hydroxylation is 2. The highest BCUT2D eigenvalue weighted by Crippen LogP contribution is 2.52. The van der Waals surface area contributed by atoms with Gasteiger partial charge < -0.3 is 20.7 Å². The van der Waals surface area contributed by atoms with E-state index in [2.05, 4.69) is 32.8 Å². The van der Waals surface area contributed by atoms with Gasteiger partial charge in [-0.2, -0.15) is 4.98 Å². The van der Waals surface area contributed by atoms with Gasteiger partial charge in [-0.05, 0) is 69.2 Å². The van der Waals surface area contributed by atoms with Gasteiger partial charge >= 0.3 is 0 Å². The van der Waals surface area contributed by atoms with E-state index in [1.165, 1.54) is 5.56 Å². The molecule has 1 saturated carbocycles. The zero-order valence-electron chi connectivity index (χ0n) is 20.6. The van der Waals surface area contributed by atoms with Crippen LogP contribution in [0.5, 0.6) is 5.75 Å². The number of benzene rings is 3. The van der Waals surface area contributed by atoms with Crippen LogP contribution in [-0.4, -0.2) is 23.0 Å². The molecule has 0 aliphatic heterocycles. The summed E-state index contributed by atoms with van der Waals surface area (Å²) in [6.07, 6.45) is 1.62. The topological polar surface area (TPSA) is 88.2 Å².